The van der Waals surface area contributed by atoms with Crippen LogP contribution >= 0.6 is 11.8 Å². The van der Waals surface area contributed by atoms with Crippen LogP contribution in [0.15, 0.2) is 34.9 Å². The van der Waals surface area contributed by atoms with E-state index >= 15 is 0 Å². The third kappa shape index (κ3) is 2.08. The van der Waals surface area contributed by atoms with Gasteiger partial charge in [0.05, 0.1) is 18.4 Å². The first-order valence-corrected chi connectivity index (χ1v) is 5.80. The first-order valence-electron chi connectivity index (χ1n) is 4.98. The van der Waals surface area contributed by atoms with Crippen LogP contribution in [0, 0.1) is 11.3 Å². The molecule has 2 rings (SSSR count). The number of methoxy groups -OCH3 is 1. The zero-order chi connectivity index (χ0) is 13.1. The van der Waals surface area contributed by atoms with Gasteiger partial charge in [-0.15, -0.1) is 0 Å². The summed E-state index contributed by atoms with van der Waals surface area (Å²) in [7, 11) is 1.18. The molecular formula is C12H8N2O3S. The minimum Gasteiger partial charge on any atom is -0.465 e. The number of benzene rings is 1. The van der Waals surface area contributed by atoms with Gasteiger partial charge in [0.2, 0.25) is 5.12 Å². The van der Waals surface area contributed by atoms with Crippen LogP contribution < -0.4 is 5.32 Å². The molecule has 6 heteroatoms. The van der Waals surface area contributed by atoms with E-state index in [-0.39, 0.29) is 15.7 Å². The highest BCUT2D eigenvalue weighted by atomic mass is 32.2. The van der Waals surface area contributed by atoms with Crippen LogP contribution in [0.1, 0.15) is 10.4 Å². The van der Waals surface area contributed by atoms with E-state index in [0.29, 0.717) is 11.3 Å². The Bertz CT molecular complexity index is 602. The van der Waals surface area contributed by atoms with Crippen molar-refractivity contribution in [2.75, 3.05) is 12.4 Å². The fourth-order valence-electron chi connectivity index (χ4n) is 1.47. The number of carbonyl (C=O) groups is 2. The van der Waals surface area contributed by atoms with Crippen molar-refractivity contribution in [3.63, 3.8) is 0 Å². The lowest BCUT2D eigenvalue weighted by Gasteiger charge is -2.19. The topological polar surface area (TPSA) is 79.2 Å². The lowest BCUT2D eigenvalue weighted by atomic mass is 10.2. The minimum absolute atomic E-state index is 0.202. The van der Waals surface area contributed by atoms with Crippen molar-refractivity contribution in [2.45, 2.75) is 0 Å². The molecule has 1 heterocycles. The summed E-state index contributed by atoms with van der Waals surface area (Å²) in [5, 5.41) is 11.8. The molecule has 0 saturated carbocycles. The summed E-state index contributed by atoms with van der Waals surface area (Å²) in [6.45, 7) is 0. The maximum atomic E-state index is 11.9. The Morgan fingerprint density at radius 1 is 1.44 bits per heavy atom. The highest BCUT2D eigenvalue weighted by Gasteiger charge is 2.26. The second-order valence-corrected chi connectivity index (χ2v) is 4.35. The van der Waals surface area contributed by atoms with E-state index in [1.807, 2.05) is 0 Å². The molecular weight excluding hydrogens is 252 g/mol. The number of hydrogen-bond acceptors (Lipinski definition) is 6. The van der Waals surface area contributed by atoms with Crippen molar-refractivity contribution in [2.24, 2.45) is 0 Å². The number of rotatable bonds is 1. The van der Waals surface area contributed by atoms with E-state index in [2.05, 4.69) is 10.1 Å². The monoisotopic (exact) mass is 260 g/mol. The van der Waals surface area contributed by atoms with Crippen molar-refractivity contribution in [1.29, 1.82) is 5.26 Å². The van der Waals surface area contributed by atoms with Gasteiger partial charge in [-0.2, -0.15) is 5.26 Å². The van der Waals surface area contributed by atoms with Crippen molar-refractivity contribution < 1.29 is 14.3 Å². The van der Waals surface area contributed by atoms with Crippen LogP contribution in [-0.2, 0) is 9.53 Å². The van der Waals surface area contributed by atoms with E-state index in [1.165, 1.54) is 7.11 Å². The van der Waals surface area contributed by atoms with Crippen LogP contribution in [0.25, 0.3) is 0 Å². The standard InChI is InChI=1S/C12H8N2O3S/c1-17-11(15)8(6-13)10-14-9-5-3-2-4-7(9)12(16)18-10/h2-5,14H,1H3/b10-8-. The Balaban J connectivity index is 2.48. The molecule has 0 spiro atoms. The van der Waals surface area contributed by atoms with Crippen molar-refractivity contribution in [1.82, 2.24) is 0 Å². The number of nitrogens with zero attached hydrogens (tertiary/aromatic N) is 1. The Labute approximate surface area is 107 Å². The lowest BCUT2D eigenvalue weighted by molar-refractivity contribution is -0.135. The fraction of sp³-hybridized carbons (Fsp3) is 0.0833. The van der Waals surface area contributed by atoms with Gasteiger partial charge in [-0.05, 0) is 23.9 Å². The first-order chi connectivity index (χ1) is 8.67. The molecule has 0 radical (unpaired) electrons. The number of carbonyl (C=O) groups excluding carboxylic acids is 2. The van der Waals surface area contributed by atoms with Gasteiger partial charge in [-0.25, -0.2) is 4.79 Å². The van der Waals surface area contributed by atoms with E-state index < -0.39 is 5.97 Å². The van der Waals surface area contributed by atoms with E-state index in [4.69, 9.17) is 5.26 Å². The summed E-state index contributed by atoms with van der Waals surface area (Å²) in [6.07, 6.45) is 0. The molecule has 0 amide bonds. The predicted molar refractivity (Wildman–Crippen MR) is 66.6 cm³/mol. The molecule has 0 aromatic heterocycles. The molecule has 0 atom stereocenters. The van der Waals surface area contributed by atoms with Crippen LogP contribution in [0.3, 0.4) is 0 Å². The molecule has 0 bridgehead atoms. The second-order valence-electron chi connectivity index (χ2n) is 3.37. The van der Waals surface area contributed by atoms with Gasteiger partial charge in [0, 0.05) is 0 Å². The molecule has 18 heavy (non-hydrogen) atoms. The predicted octanol–water partition coefficient (Wildman–Crippen LogP) is 1.89. The number of para-hydroxylation sites is 1. The third-order valence-electron chi connectivity index (χ3n) is 2.32. The number of hydrogen-bond donors (Lipinski definition) is 1. The average molecular weight is 260 g/mol. The Kier molecular flexibility index (Phi) is 3.35. The number of fused-ring (bicyclic) bond motifs is 1. The van der Waals surface area contributed by atoms with Crippen LogP contribution in [0.4, 0.5) is 5.69 Å². The fourth-order valence-corrected chi connectivity index (χ4v) is 2.34. The summed E-state index contributed by atoms with van der Waals surface area (Å²) in [6, 6.07) is 8.64. The number of esters is 1. The maximum absolute atomic E-state index is 11.9. The Morgan fingerprint density at radius 2 is 2.17 bits per heavy atom. The van der Waals surface area contributed by atoms with Gasteiger partial charge in [-0.3, -0.25) is 4.79 Å². The molecule has 0 fully saturated rings. The number of nitriles is 1. The van der Waals surface area contributed by atoms with Crippen molar-refractivity contribution >= 4 is 28.5 Å². The highest BCUT2D eigenvalue weighted by Crippen LogP contribution is 2.34. The molecule has 1 aliphatic heterocycles. The first kappa shape index (κ1) is 12.2. The third-order valence-corrected chi connectivity index (χ3v) is 3.23. The van der Waals surface area contributed by atoms with E-state index in [9.17, 15) is 9.59 Å². The van der Waals surface area contributed by atoms with Gasteiger partial charge < -0.3 is 10.1 Å². The number of ether oxygens (including phenoxy) is 1. The van der Waals surface area contributed by atoms with Gasteiger partial charge >= 0.3 is 5.97 Å². The van der Waals surface area contributed by atoms with Gasteiger partial charge in [-0.1, -0.05) is 12.1 Å². The molecule has 90 valence electrons. The van der Waals surface area contributed by atoms with Crippen LogP contribution in [-0.4, -0.2) is 18.2 Å². The van der Waals surface area contributed by atoms with Crippen LogP contribution in [0.2, 0.25) is 0 Å². The summed E-state index contributed by atoms with van der Waals surface area (Å²) in [5.41, 5.74) is 0.895. The summed E-state index contributed by atoms with van der Waals surface area (Å²) in [5.74, 6) is -0.764. The maximum Gasteiger partial charge on any atom is 0.351 e. The Morgan fingerprint density at radius 3 is 2.83 bits per heavy atom. The average Bonchev–Trinajstić information content (AvgIpc) is 2.39. The molecule has 1 aromatic rings. The van der Waals surface area contributed by atoms with Crippen molar-refractivity contribution in [3.8, 4) is 6.07 Å². The molecule has 0 aliphatic carbocycles. The Hall–Kier alpha value is -2.26. The quantitative estimate of drug-likeness (QED) is 0.472. The lowest BCUT2D eigenvalue weighted by Crippen LogP contribution is -2.16. The largest absolute Gasteiger partial charge is 0.465 e. The van der Waals surface area contributed by atoms with Gasteiger partial charge in [0.1, 0.15) is 11.1 Å². The SMILES string of the molecule is COC(=O)/C(C#N)=C1/Nc2ccccc2C(=O)S1. The summed E-state index contributed by atoms with van der Waals surface area (Å²) in [4.78, 5) is 23.2. The zero-order valence-electron chi connectivity index (χ0n) is 9.39. The molecule has 5 nitrogen and oxygen atoms in total. The number of nitrogens with one attached hydrogen (secondary N) is 1. The van der Waals surface area contributed by atoms with Crippen LogP contribution in [0.5, 0.6) is 0 Å². The summed E-state index contributed by atoms with van der Waals surface area (Å²) < 4.78 is 4.50. The van der Waals surface area contributed by atoms with E-state index in [0.717, 1.165) is 11.8 Å². The zero-order valence-corrected chi connectivity index (χ0v) is 10.2. The summed E-state index contributed by atoms with van der Waals surface area (Å²) >= 11 is 0.812. The number of anilines is 1. The van der Waals surface area contributed by atoms with Crippen molar-refractivity contribution in [3.05, 3.63) is 40.4 Å². The molecule has 1 N–H and O–H groups in total. The van der Waals surface area contributed by atoms with Gasteiger partial charge in [0.25, 0.3) is 0 Å². The van der Waals surface area contributed by atoms with E-state index in [1.54, 1.807) is 30.3 Å². The normalized spacial score (nSPS) is 16.1. The molecule has 0 saturated heterocycles. The second kappa shape index (κ2) is 4.94. The highest BCUT2D eigenvalue weighted by molar-refractivity contribution is 8.17. The minimum atomic E-state index is -0.764. The number of thioether (sulfide) groups is 1. The molecule has 1 aromatic carbocycles. The smallest absolute Gasteiger partial charge is 0.351 e. The molecule has 1 aliphatic rings. The molecule has 0 unspecified atom stereocenters. The van der Waals surface area contributed by atoms with Gasteiger partial charge in [0.15, 0.2) is 5.57 Å².